The Morgan fingerprint density at radius 3 is 2.78 bits per heavy atom. The van der Waals surface area contributed by atoms with Crippen molar-refractivity contribution in [2.45, 2.75) is 69.7 Å². The molecular weight excluding hydrogens is 294 g/mol. The molecule has 1 N–H and O–H groups in total. The van der Waals surface area contributed by atoms with Crippen LogP contribution in [0.25, 0.3) is 0 Å². The molecule has 3 saturated heterocycles. The third-order valence-corrected chi connectivity index (χ3v) is 4.80. The van der Waals surface area contributed by atoms with Crippen LogP contribution in [0.4, 0.5) is 0 Å². The van der Waals surface area contributed by atoms with E-state index in [9.17, 15) is 0 Å². The van der Waals surface area contributed by atoms with Crippen LogP contribution < -0.4 is 5.32 Å². The summed E-state index contributed by atoms with van der Waals surface area (Å²) in [5.41, 5.74) is 1.13. The van der Waals surface area contributed by atoms with Crippen LogP contribution in [0.15, 0.2) is 30.3 Å². The minimum atomic E-state index is -0.596. The van der Waals surface area contributed by atoms with E-state index in [1.165, 1.54) is 0 Å². The fourth-order valence-corrected chi connectivity index (χ4v) is 3.81. The molecule has 0 amide bonds. The molecule has 5 atom stereocenters. The van der Waals surface area contributed by atoms with E-state index in [2.05, 4.69) is 17.4 Å². The lowest BCUT2D eigenvalue weighted by Gasteiger charge is -2.44. The number of nitrogens with one attached hydrogen (secondary N) is 1. The first-order valence-electron chi connectivity index (χ1n) is 8.52. The van der Waals surface area contributed by atoms with Gasteiger partial charge in [0.05, 0.1) is 18.8 Å². The second kappa shape index (κ2) is 6.15. The Hall–Kier alpha value is -0.980. The summed E-state index contributed by atoms with van der Waals surface area (Å²) in [7, 11) is 0. The van der Waals surface area contributed by atoms with Gasteiger partial charge >= 0.3 is 0 Å². The quantitative estimate of drug-likeness (QED) is 0.925. The van der Waals surface area contributed by atoms with E-state index >= 15 is 0 Å². The van der Waals surface area contributed by atoms with Crippen LogP contribution in [0.1, 0.15) is 32.3 Å². The average molecular weight is 319 g/mol. The number of hydrogen-bond donors (Lipinski definition) is 1. The van der Waals surface area contributed by atoms with Crippen LogP contribution in [-0.4, -0.2) is 43.0 Å². The second-order valence-corrected chi connectivity index (χ2v) is 7.03. The third-order valence-electron chi connectivity index (χ3n) is 4.80. The van der Waals surface area contributed by atoms with E-state index < -0.39 is 5.79 Å². The zero-order valence-corrected chi connectivity index (χ0v) is 13.7. The van der Waals surface area contributed by atoms with Crippen molar-refractivity contribution in [1.29, 1.82) is 0 Å². The van der Waals surface area contributed by atoms with Gasteiger partial charge in [0.15, 0.2) is 12.1 Å². The van der Waals surface area contributed by atoms with Gasteiger partial charge in [-0.05, 0) is 38.8 Å². The van der Waals surface area contributed by atoms with E-state index in [-0.39, 0.29) is 30.6 Å². The maximum atomic E-state index is 6.23. The Bertz CT molecular complexity index is 535. The lowest BCUT2D eigenvalue weighted by Crippen LogP contribution is -2.63. The smallest absolute Gasteiger partial charge is 0.187 e. The van der Waals surface area contributed by atoms with Crippen LogP contribution in [0.5, 0.6) is 0 Å². The van der Waals surface area contributed by atoms with E-state index in [0.29, 0.717) is 6.61 Å². The fourth-order valence-electron chi connectivity index (χ4n) is 3.81. The van der Waals surface area contributed by atoms with Gasteiger partial charge in [0, 0.05) is 0 Å². The number of fused-ring (bicyclic) bond motifs is 3. The van der Waals surface area contributed by atoms with Gasteiger partial charge in [-0.2, -0.15) is 0 Å². The van der Waals surface area contributed by atoms with Crippen LogP contribution in [0, 0.1) is 0 Å². The number of benzene rings is 1. The summed E-state index contributed by atoms with van der Waals surface area (Å²) in [6.45, 7) is 5.44. The molecule has 3 aliphatic heterocycles. The molecule has 3 aliphatic rings. The van der Waals surface area contributed by atoms with Crippen LogP contribution in [0.3, 0.4) is 0 Å². The van der Waals surface area contributed by atoms with Crippen LogP contribution in [-0.2, 0) is 25.6 Å². The van der Waals surface area contributed by atoms with Crippen LogP contribution >= 0.6 is 0 Å². The predicted octanol–water partition coefficient (Wildman–Crippen LogP) is 2.20. The largest absolute Gasteiger partial charge is 0.345 e. The minimum absolute atomic E-state index is 0.0233. The number of ether oxygens (including phenoxy) is 4. The molecule has 126 valence electrons. The molecule has 23 heavy (non-hydrogen) atoms. The molecule has 3 heterocycles. The molecule has 3 fully saturated rings. The number of hydrogen-bond acceptors (Lipinski definition) is 5. The zero-order valence-electron chi connectivity index (χ0n) is 13.7. The van der Waals surface area contributed by atoms with Gasteiger partial charge in [-0.25, -0.2) is 0 Å². The summed E-state index contributed by atoms with van der Waals surface area (Å²) < 4.78 is 24.6. The summed E-state index contributed by atoms with van der Waals surface area (Å²) in [5, 5.41) is 3.54. The monoisotopic (exact) mass is 319 g/mol. The van der Waals surface area contributed by atoms with E-state index in [0.717, 1.165) is 24.9 Å². The SMILES string of the molecule is CC1(C)O[C@@H]2[C@@H](OCc3ccccc3)OC3CCCN[C@H]3[C@@H]2O1. The van der Waals surface area contributed by atoms with Crippen molar-refractivity contribution in [1.82, 2.24) is 5.32 Å². The van der Waals surface area contributed by atoms with Gasteiger partial charge < -0.3 is 24.3 Å². The Balaban J connectivity index is 1.49. The van der Waals surface area contributed by atoms with Gasteiger partial charge in [0.1, 0.15) is 12.2 Å². The maximum absolute atomic E-state index is 6.23. The first-order valence-corrected chi connectivity index (χ1v) is 8.52. The van der Waals surface area contributed by atoms with Crippen molar-refractivity contribution in [2.24, 2.45) is 0 Å². The molecule has 0 aromatic heterocycles. The first-order chi connectivity index (χ1) is 11.1. The molecule has 4 rings (SSSR count). The van der Waals surface area contributed by atoms with E-state index in [1.54, 1.807) is 0 Å². The van der Waals surface area contributed by atoms with E-state index in [1.807, 2.05) is 32.0 Å². The lowest BCUT2D eigenvalue weighted by molar-refractivity contribution is -0.265. The van der Waals surface area contributed by atoms with Gasteiger partial charge in [0.2, 0.25) is 0 Å². The highest BCUT2D eigenvalue weighted by Crippen LogP contribution is 2.39. The Morgan fingerprint density at radius 2 is 1.96 bits per heavy atom. The van der Waals surface area contributed by atoms with Gasteiger partial charge in [0.25, 0.3) is 0 Å². The van der Waals surface area contributed by atoms with Crippen molar-refractivity contribution in [3.05, 3.63) is 35.9 Å². The lowest BCUT2D eigenvalue weighted by atomic mass is 9.90. The van der Waals surface area contributed by atoms with Crippen molar-refractivity contribution >= 4 is 0 Å². The van der Waals surface area contributed by atoms with Gasteiger partial charge in [-0.15, -0.1) is 0 Å². The molecule has 1 unspecified atom stereocenters. The summed E-state index contributed by atoms with van der Waals surface area (Å²) in [5.74, 6) is -0.596. The molecule has 1 aromatic carbocycles. The Kier molecular flexibility index (Phi) is 4.15. The highest BCUT2D eigenvalue weighted by atomic mass is 16.8. The summed E-state index contributed by atoms with van der Waals surface area (Å²) >= 11 is 0. The normalized spacial score (nSPS) is 38.8. The molecule has 0 spiro atoms. The van der Waals surface area contributed by atoms with Crippen molar-refractivity contribution < 1.29 is 18.9 Å². The second-order valence-electron chi connectivity index (χ2n) is 7.03. The van der Waals surface area contributed by atoms with E-state index in [4.69, 9.17) is 18.9 Å². The summed E-state index contributed by atoms with van der Waals surface area (Å²) in [6, 6.07) is 10.3. The number of piperidine rings is 1. The molecule has 0 aliphatic carbocycles. The summed E-state index contributed by atoms with van der Waals surface area (Å²) in [4.78, 5) is 0. The summed E-state index contributed by atoms with van der Waals surface area (Å²) in [6.07, 6.45) is 1.68. The predicted molar refractivity (Wildman–Crippen MR) is 84.7 cm³/mol. The van der Waals surface area contributed by atoms with Crippen molar-refractivity contribution in [2.75, 3.05) is 6.54 Å². The zero-order chi connectivity index (χ0) is 15.9. The molecule has 0 saturated carbocycles. The fraction of sp³-hybridized carbons (Fsp3) is 0.667. The molecule has 0 bridgehead atoms. The standard InChI is InChI=1S/C18H25NO4/c1-18(2)22-15-14-13(9-6-10-19-14)21-17(16(15)23-18)20-11-12-7-4-3-5-8-12/h3-5,7-8,13-17,19H,6,9-11H2,1-2H3/t13?,14-,15+,16+,17+/m1/s1. The minimum Gasteiger partial charge on any atom is -0.345 e. The highest BCUT2D eigenvalue weighted by molar-refractivity contribution is 5.13. The third kappa shape index (κ3) is 3.16. The maximum Gasteiger partial charge on any atom is 0.187 e. The molecular formula is C18H25NO4. The topological polar surface area (TPSA) is 49.0 Å². The molecule has 0 radical (unpaired) electrons. The molecule has 1 aromatic rings. The highest BCUT2D eigenvalue weighted by Gasteiger charge is 2.55. The molecule has 5 heteroatoms. The molecule has 5 nitrogen and oxygen atoms in total. The number of rotatable bonds is 3. The Morgan fingerprint density at radius 1 is 1.17 bits per heavy atom. The first kappa shape index (κ1) is 15.5. The van der Waals surface area contributed by atoms with Crippen molar-refractivity contribution in [3.63, 3.8) is 0 Å². The average Bonchev–Trinajstić information content (AvgIpc) is 2.89. The van der Waals surface area contributed by atoms with Gasteiger partial charge in [-0.1, -0.05) is 30.3 Å². The Labute approximate surface area is 137 Å². The van der Waals surface area contributed by atoms with Crippen molar-refractivity contribution in [3.8, 4) is 0 Å². The van der Waals surface area contributed by atoms with Crippen LogP contribution in [0.2, 0.25) is 0 Å². The van der Waals surface area contributed by atoms with Gasteiger partial charge in [-0.3, -0.25) is 0 Å².